The Morgan fingerprint density at radius 2 is 2.00 bits per heavy atom. The summed E-state index contributed by atoms with van der Waals surface area (Å²) in [5.41, 5.74) is 6.61. The van der Waals surface area contributed by atoms with Crippen molar-refractivity contribution in [2.75, 3.05) is 0 Å². The molecule has 0 spiro atoms. The van der Waals surface area contributed by atoms with Gasteiger partial charge in [0.25, 0.3) is 5.56 Å². The van der Waals surface area contributed by atoms with Crippen LogP contribution in [0.1, 0.15) is 16.8 Å². The van der Waals surface area contributed by atoms with Crippen LogP contribution in [0.25, 0.3) is 5.69 Å². The summed E-state index contributed by atoms with van der Waals surface area (Å²) in [5.74, 6) is -1.55. The van der Waals surface area contributed by atoms with Gasteiger partial charge < -0.3 is 5.73 Å². The molecule has 0 radical (unpaired) electrons. The van der Waals surface area contributed by atoms with Gasteiger partial charge in [0.2, 0.25) is 0 Å². The largest absolute Gasteiger partial charge is 0.326 e. The third kappa shape index (κ3) is 2.26. The van der Waals surface area contributed by atoms with Crippen molar-refractivity contribution in [2.24, 2.45) is 5.73 Å². The first-order valence-corrected chi connectivity index (χ1v) is 5.70. The lowest BCUT2D eigenvalue weighted by atomic mass is 10.1. The minimum Gasteiger partial charge on any atom is -0.326 e. The smallest absolute Gasteiger partial charge is 0.274 e. The van der Waals surface area contributed by atoms with Crippen LogP contribution in [0, 0.1) is 25.5 Å². The normalized spacial score (nSPS) is 10.8. The molecule has 1 aromatic carbocycles. The highest BCUT2D eigenvalue weighted by Crippen LogP contribution is 2.14. The van der Waals surface area contributed by atoms with Gasteiger partial charge in [-0.15, -0.1) is 0 Å². The zero-order valence-corrected chi connectivity index (χ0v) is 10.6. The van der Waals surface area contributed by atoms with Gasteiger partial charge in [-0.05, 0) is 31.5 Å². The van der Waals surface area contributed by atoms with Crippen molar-refractivity contribution in [1.82, 2.24) is 9.78 Å². The zero-order valence-electron chi connectivity index (χ0n) is 10.6. The molecule has 100 valence electrons. The van der Waals surface area contributed by atoms with Gasteiger partial charge in [0.1, 0.15) is 11.5 Å². The van der Waals surface area contributed by atoms with E-state index in [1.807, 2.05) is 0 Å². The lowest BCUT2D eigenvalue weighted by molar-refractivity contribution is 0.569. The van der Waals surface area contributed by atoms with Gasteiger partial charge in [0, 0.05) is 18.2 Å². The minimum atomic E-state index is -0.839. The van der Waals surface area contributed by atoms with Gasteiger partial charge in [-0.25, -0.2) is 8.78 Å². The molecule has 1 heterocycles. The van der Waals surface area contributed by atoms with E-state index < -0.39 is 17.2 Å². The van der Waals surface area contributed by atoms with Gasteiger partial charge >= 0.3 is 0 Å². The van der Waals surface area contributed by atoms with E-state index in [0.29, 0.717) is 22.9 Å². The average Bonchev–Trinajstić information content (AvgIpc) is 2.35. The molecule has 1 aromatic heterocycles. The van der Waals surface area contributed by atoms with Crippen molar-refractivity contribution in [1.29, 1.82) is 0 Å². The van der Waals surface area contributed by atoms with Crippen LogP contribution in [0.4, 0.5) is 8.78 Å². The molecule has 6 heteroatoms. The summed E-state index contributed by atoms with van der Waals surface area (Å²) in [5, 5.41) is 4.03. The Balaban J connectivity index is 2.74. The highest BCUT2D eigenvalue weighted by atomic mass is 19.1. The SMILES string of the molecule is Cc1nn(-c2ccc(F)cc2F)c(=O)c(C)c1CN. The van der Waals surface area contributed by atoms with Crippen LogP contribution in [-0.4, -0.2) is 9.78 Å². The zero-order chi connectivity index (χ0) is 14.2. The molecule has 0 saturated carbocycles. The van der Waals surface area contributed by atoms with Crippen LogP contribution in [0.2, 0.25) is 0 Å². The van der Waals surface area contributed by atoms with E-state index in [4.69, 9.17) is 5.73 Å². The molecule has 4 nitrogen and oxygen atoms in total. The standard InChI is InChI=1S/C13H13F2N3O/c1-7-10(6-16)8(2)17-18(13(7)19)12-4-3-9(14)5-11(12)15/h3-5H,6,16H2,1-2H3. The molecular weight excluding hydrogens is 252 g/mol. The van der Waals surface area contributed by atoms with Crippen molar-refractivity contribution >= 4 is 0 Å². The fourth-order valence-electron chi connectivity index (χ4n) is 1.93. The second-order valence-electron chi connectivity index (χ2n) is 4.21. The number of hydrogen-bond acceptors (Lipinski definition) is 3. The van der Waals surface area contributed by atoms with E-state index in [2.05, 4.69) is 5.10 Å². The summed E-state index contributed by atoms with van der Waals surface area (Å²) in [6.45, 7) is 3.48. The summed E-state index contributed by atoms with van der Waals surface area (Å²) in [7, 11) is 0. The van der Waals surface area contributed by atoms with E-state index >= 15 is 0 Å². The first-order chi connectivity index (χ1) is 8.95. The molecule has 0 unspecified atom stereocenters. The fraction of sp³-hybridized carbons (Fsp3) is 0.231. The van der Waals surface area contributed by atoms with Gasteiger partial charge in [0.15, 0.2) is 5.82 Å². The van der Waals surface area contributed by atoms with Crippen molar-refractivity contribution in [3.63, 3.8) is 0 Å². The van der Waals surface area contributed by atoms with Crippen molar-refractivity contribution < 1.29 is 8.78 Å². The average molecular weight is 265 g/mol. The van der Waals surface area contributed by atoms with E-state index in [0.717, 1.165) is 10.7 Å². The Morgan fingerprint density at radius 3 is 2.58 bits per heavy atom. The molecule has 19 heavy (non-hydrogen) atoms. The Morgan fingerprint density at radius 1 is 1.32 bits per heavy atom. The highest BCUT2D eigenvalue weighted by molar-refractivity contribution is 5.36. The fourth-order valence-corrected chi connectivity index (χ4v) is 1.93. The maximum Gasteiger partial charge on any atom is 0.274 e. The predicted octanol–water partition coefficient (Wildman–Crippen LogP) is 1.59. The number of nitrogens with two attached hydrogens (primary N) is 1. The van der Waals surface area contributed by atoms with E-state index in [1.165, 1.54) is 6.07 Å². The molecule has 0 aliphatic heterocycles. The van der Waals surface area contributed by atoms with Gasteiger partial charge in [-0.1, -0.05) is 0 Å². The topological polar surface area (TPSA) is 60.9 Å². The Hall–Kier alpha value is -2.08. The third-order valence-electron chi connectivity index (χ3n) is 2.99. The Kier molecular flexibility index (Phi) is 3.44. The van der Waals surface area contributed by atoms with E-state index in [9.17, 15) is 13.6 Å². The van der Waals surface area contributed by atoms with Crippen molar-refractivity contribution in [3.8, 4) is 5.69 Å². The maximum atomic E-state index is 13.7. The number of aromatic nitrogens is 2. The first kappa shape index (κ1) is 13.4. The maximum absolute atomic E-state index is 13.7. The van der Waals surface area contributed by atoms with E-state index in [-0.39, 0.29) is 12.2 Å². The molecule has 0 aliphatic carbocycles. The monoisotopic (exact) mass is 265 g/mol. The van der Waals surface area contributed by atoms with Crippen LogP contribution >= 0.6 is 0 Å². The predicted molar refractivity (Wildman–Crippen MR) is 67.1 cm³/mol. The molecule has 2 rings (SSSR count). The number of nitrogens with zero attached hydrogens (tertiary/aromatic N) is 2. The number of aryl methyl sites for hydroxylation is 1. The third-order valence-corrected chi connectivity index (χ3v) is 2.99. The number of benzene rings is 1. The second-order valence-corrected chi connectivity index (χ2v) is 4.21. The first-order valence-electron chi connectivity index (χ1n) is 5.70. The molecule has 0 aliphatic rings. The summed E-state index contributed by atoms with van der Waals surface area (Å²) < 4.78 is 27.5. The Labute approximate surface area is 108 Å². The summed E-state index contributed by atoms with van der Waals surface area (Å²) >= 11 is 0. The molecular formula is C13H13F2N3O. The van der Waals surface area contributed by atoms with Gasteiger partial charge in [-0.2, -0.15) is 9.78 Å². The second kappa shape index (κ2) is 4.89. The molecule has 0 atom stereocenters. The number of rotatable bonds is 2. The quantitative estimate of drug-likeness (QED) is 0.897. The van der Waals surface area contributed by atoms with Crippen LogP contribution in [0.3, 0.4) is 0 Å². The minimum absolute atomic E-state index is 0.0822. The molecule has 0 saturated heterocycles. The van der Waals surface area contributed by atoms with E-state index in [1.54, 1.807) is 13.8 Å². The molecule has 2 aromatic rings. The highest BCUT2D eigenvalue weighted by Gasteiger charge is 2.14. The summed E-state index contributed by atoms with van der Waals surface area (Å²) in [6, 6.07) is 2.97. The lowest BCUT2D eigenvalue weighted by Crippen LogP contribution is -2.28. The van der Waals surface area contributed by atoms with Crippen LogP contribution < -0.4 is 11.3 Å². The number of hydrogen-bond donors (Lipinski definition) is 1. The molecule has 0 amide bonds. The summed E-state index contributed by atoms with van der Waals surface area (Å²) in [6.07, 6.45) is 0. The number of halogens is 2. The van der Waals surface area contributed by atoms with Gasteiger partial charge in [0.05, 0.1) is 5.69 Å². The van der Waals surface area contributed by atoms with Crippen LogP contribution in [-0.2, 0) is 6.54 Å². The van der Waals surface area contributed by atoms with Crippen LogP contribution in [0.15, 0.2) is 23.0 Å². The Bertz CT molecular complexity index is 695. The van der Waals surface area contributed by atoms with Gasteiger partial charge in [-0.3, -0.25) is 4.79 Å². The van der Waals surface area contributed by atoms with Crippen LogP contribution in [0.5, 0.6) is 0 Å². The van der Waals surface area contributed by atoms with Crippen molar-refractivity contribution in [3.05, 3.63) is 57.0 Å². The van der Waals surface area contributed by atoms with Crippen molar-refractivity contribution in [2.45, 2.75) is 20.4 Å². The lowest BCUT2D eigenvalue weighted by Gasteiger charge is -2.12. The molecule has 0 bridgehead atoms. The molecule has 2 N–H and O–H groups in total. The summed E-state index contributed by atoms with van der Waals surface area (Å²) in [4.78, 5) is 12.1. The molecule has 0 fully saturated rings.